The SMILES string of the molecule is CCCC(NC(=O)NCC)/C(N)=N/O. The van der Waals surface area contributed by atoms with Crippen LogP contribution in [0.4, 0.5) is 4.79 Å². The summed E-state index contributed by atoms with van der Waals surface area (Å²) < 4.78 is 0. The van der Waals surface area contributed by atoms with Crippen LogP contribution in [0.3, 0.4) is 0 Å². The molecule has 0 rings (SSSR count). The van der Waals surface area contributed by atoms with Gasteiger partial charge in [0, 0.05) is 6.54 Å². The molecule has 0 aliphatic carbocycles. The third-order valence-corrected chi connectivity index (χ3v) is 1.69. The van der Waals surface area contributed by atoms with Crippen molar-refractivity contribution in [2.45, 2.75) is 32.7 Å². The fourth-order valence-electron chi connectivity index (χ4n) is 1.02. The van der Waals surface area contributed by atoms with Gasteiger partial charge < -0.3 is 21.6 Å². The topological polar surface area (TPSA) is 99.7 Å². The summed E-state index contributed by atoms with van der Waals surface area (Å²) in [5.41, 5.74) is 5.41. The molecule has 0 fully saturated rings. The van der Waals surface area contributed by atoms with Crippen LogP contribution >= 0.6 is 0 Å². The number of carbonyl (C=O) groups is 1. The van der Waals surface area contributed by atoms with Crippen LogP contribution in [0.1, 0.15) is 26.7 Å². The minimum Gasteiger partial charge on any atom is -0.409 e. The highest BCUT2D eigenvalue weighted by molar-refractivity contribution is 5.89. The molecule has 0 aromatic heterocycles. The summed E-state index contributed by atoms with van der Waals surface area (Å²) in [5, 5.41) is 16.5. The van der Waals surface area contributed by atoms with Crippen molar-refractivity contribution < 1.29 is 10.0 Å². The Balaban J connectivity index is 4.15. The van der Waals surface area contributed by atoms with Crippen molar-refractivity contribution in [3.05, 3.63) is 0 Å². The number of rotatable bonds is 5. The molecule has 1 atom stereocenters. The van der Waals surface area contributed by atoms with Gasteiger partial charge in [-0.3, -0.25) is 0 Å². The van der Waals surface area contributed by atoms with Crippen molar-refractivity contribution >= 4 is 11.9 Å². The van der Waals surface area contributed by atoms with Gasteiger partial charge in [-0.2, -0.15) is 0 Å². The Labute approximate surface area is 83.5 Å². The Bertz CT molecular complexity index is 206. The molecule has 82 valence electrons. The molecular weight excluding hydrogens is 184 g/mol. The van der Waals surface area contributed by atoms with Gasteiger partial charge in [0.15, 0.2) is 5.84 Å². The molecule has 1 unspecified atom stereocenters. The summed E-state index contributed by atoms with van der Waals surface area (Å²) in [6, 6.07) is -0.714. The maximum Gasteiger partial charge on any atom is 0.315 e. The summed E-state index contributed by atoms with van der Waals surface area (Å²) in [7, 11) is 0. The Kier molecular flexibility index (Phi) is 6.26. The van der Waals surface area contributed by atoms with Gasteiger partial charge in [-0.25, -0.2) is 4.79 Å². The largest absolute Gasteiger partial charge is 0.409 e. The van der Waals surface area contributed by atoms with Crippen LogP contribution in [0.25, 0.3) is 0 Å². The van der Waals surface area contributed by atoms with E-state index in [-0.39, 0.29) is 11.9 Å². The number of carbonyl (C=O) groups excluding carboxylic acids is 1. The van der Waals surface area contributed by atoms with E-state index in [1.54, 1.807) is 0 Å². The summed E-state index contributed by atoms with van der Waals surface area (Å²) in [5.74, 6) is 0.0260. The van der Waals surface area contributed by atoms with Crippen LogP contribution < -0.4 is 16.4 Å². The van der Waals surface area contributed by atoms with Gasteiger partial charge in [-0.05, 0) is 13.3 Å². The second-order valence-corrected chi connectivity index (χ2v) is 2.87. The molecule has 14 heavy (non-hydrogen) atoms. The maximum atomic E-state index is 11.1. The second kappa shape index (κ2) is 6.99. The molecule has 0 saturated carbocycles. The zero-order valence-corrected chi connectivity index (χ0v) is 8.58. The highest BCUT2D eigenvalue weighted by Gasteiger charge is 2.14. The fraction of sp³-hybridized carbons (Fsp3) is 0.750. The molecule has 0 spiro atoms. The van der Waals surface area contributed by atoms with Crippen LogP contribution in [0.5, 0.6) is 0 Å². The lowest BCUT2D eigenvalue weighted by atomic mass is 10.1. The Morgan fingerprint density at radius 3 is 2.64 bits per heavy atom. The Hall–Kier alpha value is -1.46. The zero-order chi connectivity index (χ0) is 11.0. The smallest absolute Gasteiger partial charge is 0.315 e. The van der Waals surface area contributed by atoms with E-state index in [1.807, 2.05) is 13.8 Å². The number of hydrogen-bond donors (Lipinski definition) is 4. The normalized spacial score (nSPS) is 13.4. The molecule has 0 aromatic rings. The number of urea groups is 1. The van der Waals surface area contributed by atoms with E-state index in [0.717, 1.165) is 6.42 Å². The van der Waals surface area contributed by atoms with Gasteiger partial charge >= 0.3 is 6.03 Å². The summed E-state index contributed by atoms with van der Waals surface area (Å²) in [6.07, 6.45) is 1.49. The number of nitrogens with zero attached hydrogens (tertiary/aromatic N) is 1. The third-order valence-electron chi connectivity index (χ3n) is 1.69. The molecule has 0 aromatic carbocycles. The van der Waals surface area contributed by atoms with Crippen molar-refractivity contribution in [3.8, 4) is 0 Å². The molecule has 0 aliphatic rings. The molecule has 6 nitrogen and oxygen atoms in total. The Morgan fingerprint density at radius 2 is 2.21 bits per heavy atom. The number of nitrogens with two attached hydrogens (primary N) is 1. The molecule has 0 bridgehead atoms. The summed E-state index contributed by atoms with van der Waals surface area (Å²) >= 11 is 0. The minimum absolute atomic E-state index is 0.0260. The van der Waals surface area contributed by atoms with Gasteiger partial charge in [-0.15, -0.1) is 0 Å². The first-order valence-corrected chi connectivity index (χ1v) is 4.67. The maximum absolute atomic E-state index is 11.1. The lowest BCUT2D eigenvalue weighted by molar-refractivity contribution is 0.239. The predicted molar refractivity (Wildman–Crippen MR) is 54.3 cm³/mol. The molecule has 2 amide bonds. The van der Waals surface area contributed by atoms with Crippen molar-refractivity contribution in [2.75, 3.05) is 6.54 Å². The summed E-state index contributed by atoms with van der Waals surface area (Å²) in [4.78, 5) is 11.1. The number of hydrogen-bond acceptors (Lipinski definition) is 3. The lowest BCUT2D eigenvalue weighted by Crippen LogP contribution is -2.48. The highest BCUT2D eigenvalue weighted by atomic mass is 16.4. The molecule has 5 N–H and O–H groups in total. The first kappa shape index (κ1) is 12.5. The van der Waals surface area contributed by atoms with Crippen LogP contribution in [-0.2, 0) is 0 Å². The summed E-state index contributed by atoms with van der Waals surface area (Å²) in [6.45, 7) is 4.32. The van der Waals surface area contributed by atoms with Gasteiger partial charge in [-0.1, -0.05) is 18.5 Å². The van der Waals surface area contributed by atoms with Crippen molar-refractivity contribution in [1.29, 1.82) is 0 Å². The highest BCUT2D eigenvalue weighted by Crippen LogP contribution is 1.96. The predicted octanol–water partition coefficient (Wildman–Crippen LogP) is 0.221. The van der Waals surface area contributed by atoms with E-state index < -0.39 is 6.04 Å². The van der Waals surface area contributed by atoms with E-state index in [4.69, 9.17) is 10.9 Å². The van der Waals surface area contributed by atoms with Crippen molar-refractivity contribution in [2.24, 2.45) is 10.9 Å². The molecule has 0 aliphatic heterocycles. The molecule has 0 radical (unpaired) electrons. The van der Waals surface area contributed by atoms with E-state index >= 15 is 0 Å². The van der Waals surface area contributed by atoms with Crippen LogP contribution in [0, 0.1) is 0 Å². The van der Waals surface area contributed by atoms with Crippen LogP contribution in [-0.4, -0.2) is 29.7 Å². The van der Waals surface area contributed by atoms with Gasteiger partial charge in [0.2, 0.25) is 0 Å². The average Bonchev–Trinajstić information content (AvgIpc) is 2.16. The fourth-order valence-corrected chi connectivity index (χ4v) is 1.02. The van der Waals surface area contributed by atoms with Gasteiger partial charge in [0.05, 0.1) is 6.04 Å². The lowest BCUT2D eigenvalue weighted by Gasteiger charge is -2.16. The van der Waals surface area contributed by atoms with E-state index in [0.29, 0.717) is 13.0 Å². The van der Waals surface area contributed by atoms with Crippen molar-refractivity contribution in [3.63, 3.8) is 0 Å². The number of amidine groups is 1. The van der Waals surface area contributed by atoms with E-state index in [9.17, 15) is 4.79 Å². The molecular formula is C8H18N4O2. The third kappa shape index (κ3) is 4.54. The average molecular weight is 202 g/mol. The number of amides is 2. The van der Waals surface area contributed by atoms with Crippen molar-refractivity contribution in [1.82, 2.24) is 10.6 Å². The Morgan fingerprint density at radius 1 is 1.57 bits per heavy atom. The quantitative estimate of drug-likeness (QED) is 0.222. The number of nitrogens with one attached hydrogen (secondary N) is 2. The first-order valence-electron chi connectivity index (χ1n) is 4.67. The van der Waals surface area contributed by atoms with Gasteiger partial charge in [0.25, 0.3) is 0 Å². The van der Waals surface area contributed by atoms with Gasteiger partial charge in [0.1, 0.15) is 0 Å². The van der Waals surface area contributed by atoms with E-state index in [1.165, 1.54) is 0 Å². The van der Waals surface area contributed by atoms with Crippen LogP contribution in [0.2, 0.25) is 0 Å². The molecule has 6 heteroatoms. The molecule has 0 heterocycles. The first-order chi connectivity index (χ1) is 6.65. The zero-order valence-electron chi connectivity index (χ0n) is 8.58. The van der Waals surface area contributed by atoms with Crippen LogP contribution in [0.15, 0.2) is 5.16 Å². The monoisotopic (exact) mass is 202 g/mol. The van der Waals surface area contributed by atoms with E-state index in [2.05, 4.69) is 15.8 Å². The minimum atomic E-state index is -0.406. The molecule has 0 saturated heterocycles. The number of oxime groups is 1. The second-order valence-electron chi connectivity index (χ2n) is 2.87. The standard InChI is InChI=1S/C8H18N4O2/c1-3-5-6(7(9)12-14)11-8(13)10-4-2/h6,14H,3-5H2,1-2H3,(H2,9,12)(H2,10,11,13).